The van der Waals surface area contributed by atoms with Gasteiger partial charge in [-0.15, -0.1) is 0 Å². The largest absolute Gasteiger partial charge is 0.0842 e. The fraction of sp³-hybridized carbons (Fsp3) is 0.600. The van der Waals surface area contributed by atoms with Crippen LogP contribution in [0, 0.1) is 17.3 Å². The maximum Gasteiger partial charge on any atom is -0.00883 e. The monoisotopic (exact) mass is 404 g/mol. The van der Waals surface area contributed by atoms with Gasteiger partial charge in [-0.05, 0) is 85.3 Å². The minimum absolute atomic E-state index is 0.568. The Kier molecular flexibility index (Phi) is 9.04. The SMILES string of the molecule is CCCC1CCCCC1(C)CC[C@@H](CC)C1=CC=C(C2=C/C=C\CC/C=C\2)CC=C1. The molecule has 1 fully saturated rings. The Balaban J connectivity index is 1.70. The van der Waals surface area contributed by atoms with E-state index in [0.717, 1.165) is 25.2 Å². The first kappa shape index (κ1) is 23.1. The number of hydrogen-bond donors (Lipinski definition) is 0. The summed E-state index contributed by atoms with van der Waals surface area (Å²) in [6.45, 7) is 7.35. The molecular weight excluding hydrogens is 360 g/mol. The van der Waals surface area contributed by atoms with E-state index in [1.807, 2.05) is 0 Å². The molecule has 0 aromatic rings. The zero-order chi connectivity index (χ0) is 21.2. The first-order chi connectivity index (χ1) is 14.7. The van der Waals surface area contributed by atoms with E-state index < -0.39 is 0 Å². The average molecular weight is 405 g/mol. The maximum atomic E-state index is 2.61. The minimum atomic E-state index is 0.568. The van der Waals surface area contributed by atoms with Gasteiger partial charge >= 0.3 is 0 Å². The van der Waals surface area contributed by atoms with E-state index in [-0.39, 0.29) is 0 Å². The Hall–Kier alpha value is -1.56. The molecule has 2 unspecified atom stereocenters. The summed E-state index contributed by atoms with van der Waals surface area (Å²) in [4.78, 5) is 0. The van der Waals surface area contributed by atoms with Gasteiger partial charge in [0, 0.05) is 0 Å². The second-order valence-corrected chi connectivity index (χ2v) is 10.0. The molecule has 0 amide bonds. The Labute approximate surface area is 186 Å². The third kappa shape index (κ3) is 6.22. The second-order valence-electron chi connectivity index (χ2n) is 10.0. The summed E-state index contributed by atoms with van der Waals surface area (Å²) in [7, 11) is 0. The first-order valence-electron chi connectivity index (χ1n) is 12.8. The van der Waals surface area contributed by atoms with Crippen LogP contribution < -0.4 is 0 Å². The molecule has 0 aliphatic heterocycles. The quantitative estimate of drug-likeness (QED) is 0.378. The third-order valence-electron chi connectivity index (χ3n) is 7.91. The highest BCUT2D eigenvalue weighted by atomic mass is 14.4. The highest BCUT2D eigenvalue weighted by Gasteiger charge is 2.35. The first-order valence-corrected chi connectivity index (χ1v) is 12.8. The molecule has 0 aromatic carbocycles. The maximum absolute atomic E-state index is 2.61. The van der Waals surface area contributed by atoms with Crippen molar-refractivity contribution >= 4 is 0 Å². The fourth-order valence-electron chi connectivity index (χ4n) is 5.82. The van der Waals surface area contributed by atoms with Crippen molar-refractivity contribution in [3.63, 3.8) is 0 Å². The topological polar surface area (TPSA) is 0 Å². The highest BCUT2D eigenvalue weighted by molar-refractivity contribution is 5.47. The van der Waals surface area contributed by atoms with E-state index in [1.165, 1.54) is 68.9 Å². The summed E-state index contributed by atoms with van der Waals surface area (Å²) in [6.07, 6.45) is 37.0. The molecule has 0 saturated heterocycles. The molecule has 0 aromatic heterocycles. The van der Waals surface area contributed by atoms with Crippen LogP contribution in [-0.2, 0) is 0 Å². The van der Waals surface area contributed by atoms with Crippen LogP contribution in [0.2, 0.25) is 0 Å². The number of rotatable bonds is 8. The van der Waals surface area contributed by atoms with Crippen molar-refractivity contribution in [3.8, 4) is 0 Å². The molecule has 30 heavy (non-hydrogen) atoms. The highest BCUT2D eigenvalue weighted by Crippen LogP contribution is 2.47. The molecule has 0 nitrogen and oxygen atoms in total. The van der Waals surface area contributed by atoms with E-state index in [4.69, 9.17) is 0 Å². The predicted molar refractivity (Wildman–Crippen MR) is 134 cm³/mol. The van der Waals surface area contributed by atoms with Gasteiger partial charge in [-0.2, -0.15) is 0 Å². The molecule has 0 spiro atoms. The van der Waals surface area contributed by atoms with E-state index in [1.54, 1.807) is 5.57 Å². The summed E-state index contributed by atoms with van der Waals surface area (Å²) < 4.78 is 0. The van der Waals surface area contributed by atoms with E-state index in [2.05, 4.69) is 75.5 Å². The van der Waals surface area contributed by atoms with Crippen molar-refractivity contribution in [2.45, 2.75) is 97.8 Å². The predicted octanol–water partition coefficient (Wildman–Crippen LogP) is 9.43. The lowest BCUT2D eigenvalue weighted by Gasteiger charge is -2.43. The van der Waals surface area contributed by atoms with Crippen LogP contribution in [0.25, 0.3) is 0 Å². The summed E-state index contributed by atoms with van der Waals surface area (Å²) in [5.41, 5.74) is 4.93. The molecule has 0 heteroatoms. The fourth-order valence-corrected chi connectivity index (χ4v) is 5.82. The van der Waals surface area contributed by atoms with Crippen LogP contribution in [0.5, 0.6) is 0 Å². The molecule has 0 N–H and O–H groups in total. The van der Waals surface area contributed by atoms with Gasteiger partial charge in [-0.25, -0.2) is 0 Å². The number of allylic oxidation sites excluding steroid dienone is 12. The second kappa shape index (κ2) is 11.7. The van der Waals surface area contributed by atoms with Gasteiger partial charge in [0.2, 0.25) is 0 Å². The van der Waals surface area contributed by atoms with Gasteiger partial charge in [-0.1, -0.05) is 101 Å². The Morgan fingerprint density at radius 2 is 1.87 bits per heavy atom. The van der Waals surface area contributed by atoms with Crippen LogP contribution in [0.15, 0.2) is 71.4 Å². The normalized spacial score (nSPS) is 32.0. The van der Waals surface area contributed by atoms with E-state index in [9.17, 15) is 0 Å². The molecule has 0 radical (unpaired) electrons. The van der Waals surface area contributed by atoms with Crippen LogP contribution >= 0.6 is 0 Å². The standard InChI is InChI=1S/C30H44/c1-4-14-29-19-11-12-23-30(29,3)24-22-25(5-2)27-17-13-18-28(21-20-27)26-15-9-7-6-8-10-16-26/h7,9-10,13,15-17,20-21,25,29H,4-6,8,11-12,14,18-19,22-24H2,1-3H3/b9-7-,16-10-,26-15+/t25-,29?,30?/m1/s1. The zero-order valence-corrected chi connectivity index (χ0v) is 19.8. The summed E-state index contributed by atoms with van der Waals surface area (Å²) in [5.74, 6) is 1.64. The Morgan fingerprint density at radius 1 is 1.00 bits per heavy atom. The third-order valence-corrected chi connectivity index (χ3v) is 7.91. The van der Waals surface area contributed by atoms with E-state index >= 15 is 0 Å². The molecule has 3 atom stereocenters. The average Bonchev–Trinajstić information content (AvgIpc) is 2.97. The molecule has 3 aliphatic rings. The lowest BCUT2D eigenvalue weighted by molar-refractivity contribution is 0.0886. The summed E-state index contributed by atoms with van der Waals surface area (Å²) >= 11 is 0. The molecule has 164 valence electrons. The summed E-state index contributed by atoms with van der Waals surface area (Å²) in [6, 6.07) is 0. The zero-order valence-electron chi connectivity index (χ0n) is 19.8. The Morgan fingerprint density at radius 3 is 2.70 bits per heavy atom. The van der Waals surface area contributed by atoms with Crippen LogP contribution in [0.1, 0.15) is 97.8 Å². The van der Waals surface area contributed by atoms with Crippen molar-refractivity contribution < 1.29 is 0 Å². The molecular formula is C30H44. The molecule has 0 bridgehead atoms. The van der Waals surface area contributed by atoms with Gasteiger partial charge in [0.05, 0.1) is 0 Å². The molecule has 0 heterocycles. The van der Waals surface area contributed by atoms with Gasteiger partial charge in [0.15, 0.2) is 0 Å². The van der Waals surface area contributed by atoms with Crippen molar-refractivity contribution in [1.29, 1.82) is 0 Å². The van der Waals surface area contributed by atoms with E-state index in [0.29, 0.717) is 11.3 Å². The van der Waals surface area contributed by atoms with Crippen molar-refractivity contribution in [1.82, 2.24) is 0 Å². The van der Waals surface area contributed by atoms with Gasteiger partial charge in [0.25, 0.3) is 0 Å². The van der Waals surface area contributed by atoms with Gasteiger partial charge in [0.1, 0.15) is 0 Å². The van der Waals surface area contributed by atoms with Crippen LogP contribution in [0.4, 0.5) is 0 Å². The smallest absolute Gasteiger partial charge is 0.00883 e. The van der Waals surface area contributed by atoms with Crippen molar-refractivity contribution in [2.24, 2.45) is 17.3 Å². The van der Waals surface area contributed by atoms with Crippen molar-refractivity contribution in [3.05, 3.63) is 71.4 Å². The minimum Gasteiger partial charge on any atom is -0.0842 e. The summed E-state index contributed by atoms with van der Waals surface area (Å²) in [5, 5.41) is 0. The lowest BCUT2D eigenvalue weighted by Crippen LogP contribution is -2.31. The molecule has 3 rings (SSSR count). The van der Waals surface area contributed by atoms with Crippen LogP contribution in [0.3, 0.4) is 0 Å². The van der Waals surface area contributed by atoms with Crippen molar-refractivity contribution in [2.75, 3.05) is 0 Å². The Bertz CT molecular complexity index is 721. The van der Waals surface area contributed by atoms with Crippen LogP contribution in [-0.4, -0.2) is 0 Å². The number of hydrogen-bond acceptors (Lipinski definition) is 0. The molecule has 1 saturated carbocycles. The molecule has 3 aliphatic carbocycles. The van der Waals surface area contributed by atoms with Gasteiger partial charge < -0.3 is 0 Å². The lowest BCUT2D eigenvalue weighted by atomic mass is 9.63. The van der Waals surface area contributed by atoms with Gasteiger partial charge in [-0.3, -0.25) is 0 Å².